The highest BCUT2D eigenvalue weighted by Crippen LogP contribution is 2.24. The van der Waals surface area contributed by atoms with Crippen molar-refractivity contribution >= 4 is 5.69 Å². The smallest absolute Gasteiger partial charge is 0.101 e. The van der Waals surface area contributed by atoms with E-state index in [4.69, 9.17) is 4.74 Å². The van der Waals surface area contributed by atoms with Gasteiger partial charge < -0.3 is 9.64 Å². The van der Waals surface area contributed by atoms with Crippen LogP contribution in [0.2, 0.25) is 0 Å². The van der Waals surface area contributed by atoms with Crippen molar-refractivity contribution in [3.8, 4) is 6.07 Å². The Hall–Kier alpha value is -1.57. The van der Waals surface area contributed by atoms with E-state index in [0.29, 0.717) is 12.6 Å². The second-order valence-corrected chi connectivity index (χ2v) is 8.05. The van der Waals surface area contributed by atoms with Gasteiger partial charge in [-0.1, -0.05) is 19.9 Å². The maximum Gasteiger partial charge on any atom is 0.101 e. The van der Waals surface area contributed by atoms with Crippen molar-refractivity contribution < 1.29 is 4.74 Å². The molecule has 0 saturated carbocycles. The summed E-state index contributed by atoms with van der Waals surface area (Å²) in [7, 11) is 0. The first-order valence-electron chi connectivity index (χ1n) is 8.93. The Balaban J connectivity index is 2.01. The molecule has 4 nitrogen and oxygen atoms in total. The molecule has 1 aliphatic rings. The fourth-order valence-electron chi connectivity index (χ4n) is 2.93. The lowest BCUT2D eigenvalue weighted by Gasteiger charge is -2.37. The first kappa shape index (κ1) is 18.8. The number of ether oxygens (including phenoxy) is 1. The summed E-state index contributed by atoms with van der Waals surface area (Å²) in [6, 6.07) is 8.62. The molecule has 132 valence electrons. The lowest BCUT2D eigenvalue weighted by molar-refractivity contribution is -0.0644. The highest BCUT2D eigenvalue weighted by molar-refractivity contribution is 5.61. The van der Waals surface area contributed by atoms with Crippen LogP contribution in [0.15, 0.2) is 18.2 Å². The Morgan fingerprint density at radius 3 is 2.38 bits per heavy atom. The van der Waals surface area contributed by atoms with Crippen LogP contribution in [0.25, 0.3) is 0 Å². The molecule has 2 rings (SSSR count). The molecule has 0 amide bonds. The molecule has 0 unspecified atom stereocenters. The van der Waals surface area contributed by atoms with Gasteiger partial charge in [0.1, 0.15) is 6.07 Å². The van der Waals surface area contributed by atoms with E-state index in [9.17, 15) is 5.26 Å². The van der Waals surface area contributed by atoms with Gasteiger partial charge in [-0.3, -0.25) is 4.90 Å². The van der Waals surface area contributed by atoms with Crippen LogP contribution in [0, 0.1) is 17.2 Å². The predicted molar refractivity (Wildman–Crippen MR) is 99.2 cm³/mol. The van der Waals surface area contributed by atoms with E-state index in [1.807, 2.05) is 6.07 Å². The zero-order valence-corrected chi connectivity index (χ0v) is 15.8. The Morgan fingerprint density at radius 2 is 1.83 bits per heavy atom. The minimum absolute atomic E-state index is 0.101. The summed E-state index contributed by atoms with van der Waals surface area (Å²) in [5, 5.41) is 9.44. The van der Waals surface area contributed by atoms with Gasteiger partial charge in [-0.25, -0.2) is 0 Å². The number of piperazine rings is 1. The molecule has 1 heterocycles. The van der Waals surface area contributed by atoms with E-state index >= 15 is 0 Å². The van der Waals surface area contributed by atoms with Gasteiger partial charge in [-0.2, -0.15) is 5.26 Å². The van der Waals surface area contributed by atoms with Crippen molar-refractivity contribution in [3.05, 3.63) is 29.3 Å². The van der Waals surface area contributed by atoms with Crippen LogP contribution < -0.4 is 4.90 Å². The van der Waals surface area contributed by atoms with E-state index in [1.54, 1.807) is 0 Å². The van der Waals surface area contributed by atoms with E-state index in [1.165, 1.54) is 5.56 Å². The first-order valence-corrected chi connectivity index (χ1v) is 8.93. The third-order valence-corrected chi connectivity index (χ3v) is 4.22. The molecular formula is C20H31N3O. The summed E-state index contributed by atoms with van der Waals surface area (Å²) in [6.45, 7) is 15.2. The number of hydrogen-bond donors (Lipinski definition) is 0. The highest BCUT2D eigenvalue weighted by Gasteiger charge is 2.21. The molecule has 0 atom stereocenters. The first-order chi connectivity index (χ1) is 11.3. The number of rotatable bonds is 5. The minimum Gasteiger partial charge on any atom is -0.368 e. The van der Waals surface area contributed by atoms with Crippen LogP contribution in [-0.2, 0) is 11.2 Å². The highest BCUT2D eigenvalue weighted by atomic mass is 16.5. The molecular weight excluding hydrogens is 298 g/mol. The molecule has 0 radical (unpaired) electrons. The lowest BCUT2D eigenvalue weighted by atomic mass is 10.00. The Labute approximate surface area is 147 Å². The quantitative estimate of drug-likeness (QED) is 0.826. The third-order valence-electron chi connectivity index (χ3n) is 4.22. The van der Waals surface area contributed by atoms with Crippen molar-refractivity contribution in [2.45, 2.75) is 46.6 Å². The summed E-state index contributed by atoms with van der Waals surface area (Å²) in [5.74, 6) is 0.622. The van der Waals surface area contributed by atoms with Gasteiger partial charge in [-0.15, -0.1) is 0 Å². The zero-order chi connectivity index (χ0) is 17.7. The van der Waals surface area contributed by atoms with E-state index in [-0.39, 0.29) is 5.60 Å². The van der Waals surface area contributed by atoms with Crippen LogP contribution in [-0.4, -0.2) is 43.4 Å². The van der Waals surface area contributed by atoms with Crippen molar-refractivity contribution in [1.29, 1.82) is 5.26 Å². The van der Waals surface area contributed by atoms with Crippen molar-refractivity contribution in [2.75, 3.05) is 37.8 Å². The molecule has 24 heavy (non-hydrogen) atoms. The largest absolute Gasteiger partial charge is 0.368 e. The second-order valence-electron chi connectivity index (χ2n) is 8.05. The molecule has 0 aliphatic carbocycles. The van der Waals surface area contributed by atoms with Crippen LogP contribution >= 0.6 is 0 Å². The standard InChI is InChI=1S/C20H31N3O/c1-16(2)12-17-6-7-18(14-21)19(13-17)23-10-8-22(9-11-23)15-24-20(3,4)5/h6-7,13,16H,8-12,15H2,1-5H3. The van der Waals surface area contributed by atoms with Gasteiger partial charge in [0.05, 0.1) is 23.6 Å². The van der Waals surface area contributed by atoms with E-state index in [0.717, 1.165) is 43.9 Å². The molecule has 0 aromatic heterocycles. The van der Waals surface area contributed by atoms with Gasteiger partial charge in [0, 0.05) is 26.2 Å². The maximum absolute atomic E-state index is 9.44. The normalized spacial score (nSPS) is 16.5. The summed E-state index contributed by atoms with van der Waals surface area (Å²) in [6.07, 6.45) is 1.05. The number of benzene rings is 1. The number of hydrogen-bond acceptors (Lipinski definition) is 4. The molecule has 0 spiro atoms. The second kappa shape index (κ2) is 8.00. The molecule has 1 aromatic carbocycles. The average molecular weight is 329 g/mol. The van der Waals surface area contributed by atoms with Crippen LogP contribution in [0.4, 0.5) is 5.69 Å². The van der Waals surface area contributed by atoms with Crippen molar-refractivity contribution in [3.63, 3.8) is 0 Å². The van der Waals surface area contributed by atoms with Gasteiger partial charge >= 0.3 is 0 Å². The number of nitriles is 1. The summed E-state index contributed by atoms with van der Waals surface area (Å²) in [5.41, 5.74) is 3.09. The number of anilines is 1. The number of nitrogens with zero attached hydrogens (tertiary/aromatic N) is 3. The van der Waals surface area contributed by atoms with E-state index < -0.39 is 0 Å². The predicted octanol–water partition coefficient (Wildman–Crippen LogP) is 3.65. The van der Waals surface area contributed by atoms with Crippen LogP contribution in [0.3, 0.4) is 0 Å². The fourth-order valence-corrected chi connectivity index (χ4v) is 2.93. The van der Waals surface area contributed by atoms with Gasteiger partial charge in [0.15, 0.2) is 0 Å². The van der Waals surface area contributed by atoms with Gasteiger partial charge in [0.2, 0.25) is 0 Å². The lowest BCUT2D eigenvalue weighted by Crippen LogP contribution is -2.48. The van der Waals surface area contributed by atoms with Crippen LogP contribution in [0.1, 0.15) is 45.7 Å². The Bertz CT molecular complexity index is 576. The molecule has 1 saturated heterocycles. The molecule has 1 fully saturated rings. The minimum atomic E-state index is -0.101. The van der Waals surface area contributed by atoms with Crippen molar-refractivity contribution in [1.82, 2.24) is 4.90 Å². The molecule has 4 heteroatoms. The maximum atomic E-state index is 9.44. The van der Waals surface area contributed by atoms with Crippen LogP contribution in [0.5, 0.6) is 0 Å². The Morgan fingerprint density at radius 1 is 1.17 bits per heavy atom. The van der Waals surface area contributed by atoms with Crippen molar-refractivity contribution in [2.24, 2.45) is 5.92 Å². The average Bonchev–Trinajstić information content (AvgIpc) is 2.52. The topological polar surface area (TPSA) is 39.5 Å². The SMILES string of the molecule is CC(C)Cc1ccc(C#N)c(N2CCN(COC(C)(C)C)CC2)c1. The summed E-state index contributed by atoms with van der Waals surface area (Å²) >= 11 is 0. The molecule has 1 aliphatic heterocycles. The molecule has 0 bridgehead atoms. The molecule has 1 aromatic rings. The fraction of sp³-hybridized carbons (Fsp3) is 0.650. The zero-order valence-electron chi connectivity index (χ0n) is 15.8. The summed E-state index contributed by atoms with van der Waals surface area (Å²) in [4.78, 5) is 4.68. The van der Waals surface area contributed by atoms with Gasteiger partial charge in [0.25, 0.3) is 0 Å². The van der Waals surface area contributed by atoms with Gasteiger partial charge in [-0.05, 0) is 50.8 Å². The monoisotopic (exact) mass is 329 g/mol. The summed E-state index contributed by atoms with van der Waals surface area (Å²) < 4.78 is 5.87. The Kier molecular flexibility index (Phi) is 6.26. The molecule has 0 N–H and O–H groups in total. The third kappa shape index (κ3) is 5.51. The van der Waals surface area contributed by atoms with E-state index in [2.05, 4.69) is 62.6 Å².